The first-order valence-electron chi connectivity index (χ1n) is 7.26. The first-order chi connectivity index (χ1) is 9.75. The SMILES string of the molecule is C=C1N(C)c2cc(S(C)(=O)=O)cc(C(C)(C)C)c2OC1(C)C. The lowest BCUT2D eigenvalue weighted by Crippen LogP contribution is -2.43. The van der Waals surface area contributed by atoms with Gasteiger partial charge in [-0.25, -0.2) is 8.42 Å². The van der Waals surface area contributed by atoms with Crippen LogP contribution in [-0.4, -0.2) is 27.3 Å². The van der Waals surface area contributed by atoms with Gasteiger partial charge in [-0.05, 0) is 31.4 Å². The fourth-order valence-electron chi connectivity index (χ4n) is 2.58. The van der Waals surface area contributed by atoms with Crippen LogP contribution in [0.25, 0.3) is 0 Å². The second kappa shape index (κ2) is 4.75. The molecule has 0 saturated heterocycles. The normalized spacial score (nSPS) is 18.0. The van der Waals surface area contributed by atoms with E-state index in [2.05, 4.69) is 27.4 Å². The summed E-state index contributed by atoms with van der Waals surface area (Å²) in [6.45, 7) is 14.2. The Hall–Kier alpha value is -1.49. The molecular formula is C17H25NO3S. The number of anilines is 1. The second-order valence-corrected chi connectivity index (χ2v) is 9.48. The number of fused-ring (bicyclic) bond motifs is 1. The Morgan fingerprint density at radius 1 is 1.23 bits per heavy atom. The van der Waals surface area contributed by atoms with Crippen LogP contribution in [0.4, 0.5) is 5.69 Å². The van der Waals surface area contributed by atoms with E-state index in [1.807, 2.05) is 25.8 Å². The molecule has 0 atom stereocenters. The van der Waals surface area contributed by atoms with E-state index in [4.69, 9.17) is 4.74 Å². The minimum absolute atomic E-state index is 0.236. The van der Waals surface area contributed by atoms with E-state index in [0.29, 0.717) is 4.90 Å². The molecule has 1 aromatic rings. The molecule has 1 aliphatic rings. The van der Waals surface area contributed by atoms with E-state index in [-0.39, 0.29) is 5.41 Å². The van der Waals surface area contributed by atoms with Crippen molar-refractivity contribution in [1.82, 2.24) is 0 Å². The molecule has 2 rings (SSSR count). The lowest BCUT2D eigenvalue weighted by atomic mass is 9.85. The highest BCUT2D eigenvalue weighted by atomic mass is 32.2. The summed E-state index contributed by atoms with van der Waals surface area (Å²) < 4.78 is 30.3. The third-order valence-corrected chi connectivity index (χ3v) is 5.19. The summed E-state index contributed by atoms with van der Waals surface area (Å²) in [5.74, 6) is 0.736. The summed E-state index contributed by atoms with van der Waals surface area (Å²) in [4.78, 5) is 2.22. The summed E-state index contributed by atoms with van der Waals surface area (Å²) in [5, 5.41) is 0. The Bertz CT molecular complexity index is 740. The van der Waals surface area contributed by atoms with Crippen molar-refractivity contribution >= 4 is 15.5 Å². The molecule has 0 fully saturated rings. The van der Waals surface area contributed by atoms with E-state index in [9.17, 15) is 8.42 Å². The van der Waals surface area contributed by atoms with Crippen LogP contribution >= 0.6 is 0 Å². The van der Waals surface area contributed by atoms with Crippen LogP contribution < -0.4 is 9.64 Å². The number of ether oxygens (including phenoxy) is 1. The quantitative estimate of drug-likeness (QED) is 0.793. The average Bonchev–Trinajstić information content (AvgIpc) is 2.32. The number of nitrogens with zero attached hydrogens (tertiary/aromatic N) is 1. The van der Waals surface area contributed by atoms with Crippen LogP contribution in [0.5, 0.6) is 5.75 Å². The molecule has 5 heteroatoms. The Morgan fingerprint density at radius 3 is 2.23 bits per heavy atom. The summed E-state index contributed by atoms with van der Waals surface area (Å²) in [5.41, 5.74) is 1.66. The molecule has 0 radical (unpaired) electrons. The van der Waals surface area contributed by atoms with Gasteiger partial charge in [0.25, 0.3) is 0 Å². The van der Waals surface area contributed by atoms with Gasteiger partial charge in [-0.2, -0.15) is 0 Å². The molecule has 0 unspecified atom stereocenters. The van der Waals surface area contributed by atoms with E-state index in [1.165, 1.54) is 6.26 Å². The summed E-state index contributed by atoms with van der Waals surface area (Å²) in [7, 11) is -1.41. The molecule has 1 aromatic carbocycles. The molecule has 22 heavy (non-hydrogen) atoms. The molecule has 0 bridgehead atoms. The van der Waals surface area contributed by atoms with Crippen molar-refractivity contribution in [2.45, 2.75) is 50.5 Å². The van der Waals surface area contributed by atoms with Gasteiger partial charge in [0.1, 0.15) is 11.4 Å². The molecule has 4 nitrogen and oxygen atoms in total. The van der Waals surface area contributed by atoms with Gasteiger partial charge in [0.2, 0.25) is 0 Å². The minimum Gasteiger partial charge on any atom is -0.479 e. The van der Waals surface area contributed by atoms with Crippen LogP contribution in [0.2, 0.25) is 0 Å². The van der Waals surface area contributed by atoms with E-state index in [1.54, 1.807) is 12.1 Å². The first-order valence-corrected chi connectivity index (χ1v) is 9.15. The van der Waals surface area contributed by atoms with Gasteiger partial charge in [0.15, 0.2) is 9.84 Å². The fraction of sp³-hybridized carbons (Fsp3) is 0.529. The fourth-order valence-corrected chi connectivity index (χ4v) is 3.24. The van der Waals surface area contributed by atoms with Crippen molar-refractivity contribution in [1.29, 1.82) is 0 Å². The molecule has 122 valence electrons. The van der Waals surface area contributed by atoms with Gasteiger partial charge in [0.05, 0.1) is 16.3 Å². The number of hydrogen-bond acceptors (Lipinski definition) is 4. The molecule has 0 N–H and O–H groups in total. The highest BCUT2D eigenvalue weighted by Gasteiger charge is 2.38. The monoisotopic (exact) mass is 323 g/mol. The van der Waals surface area contributed by atoms with Gasteiger partial charge in [0, 0.05) is 18.9 Å². The number of likely N-dealkylation sites (N-methyl/N-ethyl adjacent to an activating group) is 1. The van der Waals surface area contributed by atoms with Crippen molar-refractivity contribution in [3.05, 3.63) is 30.0 Å². The van der Waals surface area contributed by atoms with Crippen LogP contribution in [-0.2, 0) is 15.3 Å². The standard InChI is InChI=1S/C17H25NO3S/c1-11-17(5,6)21-15-13(16(2,3)4)9-12(22(8,19)20)10-14(15)18(11)7/h9-10H,1H2,2-8H3. The highest BCUT2D eigenvalue weighted by Crippen LogP contribution is 2.47. The lowest BCUT2D eigenvalue weighted by Gasteiger charge is -2.43. The van der Waals surface area contributed by atoms with Gasteiger partial charge >= 0.3 is 0 Å². The molecular weight excluding hydrogens is 298 g/mol. The molecule has 0 amide bonds. The first kappa shape index (κ1) is 16.9. The van der Waals surface area contributed by atoms with Crippen molar-refractivity contribution in [3.63, 3.8) is 0 Å². The van der Waals surface area contributed by atoms with Crippen molar-refractivity contribution in [3.8, 4) is 5.75 Å². The topological polar surface area (TPSA) is 46.6 Å². The lowest BCUT2D eigenvalue weighted by molar-refractivity contribution is 0.134. The van der Waals surface area contributed by atoms with Crippen molar-refractivity contribution in [2.75, 3.05) is 18.2 Å². The molecule has 0 spiro atoms. The Morgan fingerprint density at radius 2 is 1.77 bits per heavy atom. The highest BCUT2D eigenvalue weighted by molar-refractivity contribution is 7.90. The van der Waals surface area contributed by atoms with E-state index >= 15 is 0 Å². The number of sulfone groups is 1. The van der Waals surface area contributed by atoms with E-state index < -0.39 is 15.4 Å². The average molecular weight is 323 g/mol. The van der Waals surface area contributed by atoms with Crippen LogP contribution in [0, 0.1) is 0 Å². The Kier molecular flexibility index (Phi) is 3.64. The Labute approximate surface area is 133 Å². The smallest absolute Gasteiger partial charge is 0.175 e. The summed E-state index contributed by atoms with van der Waals surface area (Å²) in [6, 6.07) is 3.40. The predicted molar refractivity (Wildman–Crippen MR) is 90.5 cm³/mol. The zero-order valence-electron chi connectivity index (χ0n) is 14.4. The third kappa shape index (κ3) is 2.74. The van der Waals surface area contributed by atoms with Gasteiger partial charge in [-0.1, -0.05) is 27.4 Å². The van der Waals surface area contributed by atoms with Gasteiger partial charge < -0.3 is 9.64 Å². The number of rotatable bonds is 1. The predicted octanol–water partition coefficient (Wildman–Crippen LogP) is 3.51. The maximum atomic E-state index is 12.0. The van der Waals surface area contributed by atoms with Crippen LogP contribution in [0.3, 0.4) is 0 Å². The summed E-state index contributed by atoms with van der Waals surface area (Å²) in [6.07, 6.45) is 1.23. The third-order valence-electron chi connectivity index (χ3n) is 4.10. The number of hydrogen-bond donors (Lipinski definition) is 0. The second-order valence-electron chi connectivity index (χ2n) is 7.46. The summed E-state index contributed by atoms with van der Waals surface area (Å²) >= 11 is 0. The van der Waals surface area contributed by atoms with Crippen molar-refractivity contribution in [2.24, 2.45) is 0 Å². The number of benzene rings is 1. The maximum absolute atomic E-state index is 12.0. The zero-order valence-corrected chi connectivity index (χ0v) is 15.3. The molecule has 0 aromatic heterocycles. The Balaban J connectivity index is 2.85. The zero-order chi connectivity index (χ0) is 17.1. The maximum Gasteiger partial charge on any atom is 0.175 e. The van der Waals surface area contributed by atoms with Gasteiger partial charge in [-0.15, -0.1) is 0 Å². The van der Waals surface area contributed by atoms with Crippen LogP contribution in [0.1, 0.15) is 40.2 Å². The van der Waals surface area contributed by atoms with Gasteiger partial charge in [-0.3, -0.25) is 0 Å². The van der Waals surface area contributed by atoms with E-state index in [0.717, 1.165) is 22.7 Å². The van der Waals surface area contributed by atoms with Crippen LogP contribution in [0.15, 0.2) is 29.3 Å². The molecule has 0 aliphatic carbocycles. The largest absolute Gasteiger partial charge is 0.479 e. The molecule has 1 heterocycles. The van der Waals surface area contributed by atoms with Crippen molar-refractivity contribution < 1.29 is 13.2 Å². The molecule has 0 saturated carbocycles. The minimum atomic E-state index is -3.30. The molecule has 1 aliphatic heterocycles.